The predicted octanol–water partition coefficient (Wildman–Crippen LogP) is 2.49. The Labute approximate surface area is 142 Å². The molecule has 0 bridgehead atoms. The Bertz CT molecular complexity index is 550. The summed E-state index contributed by atoms with van der Waals surface area (Å²) < 4.78 is 13.1. The van der Waals surface area contributed by atoms with Gasteiger partial charge in [-0.1, -0.05) is 6.92 Å². The number of ether oxygens (including phenoxy) is 2. The molecule has 0 amide bonds. The molecule has 23 heavy (non-hydrogen) atoms. The average Bonchev–Trinajstić information content (AvgIpc) is 2.99. The van der Waals surface area contributed by atoms with Crippen molar-refractivity contribution in [3.05, 3.63) is 22.7 Å². The second-order valence-corrected chi connectivity index (χ2v) is 6.98. The molecule has 6 nitrogen and oxygen atoms in total. The number of hydrogen-bond acceptors (Lipinski definition) is 6. The fraction of sp³-hybridized carbons (Fsp3) is 0.750. The Morgan fingerprint density at radius 3 is 2.91 bits per heavy atom. The van der Waals surface area contributed by atoms with Crippen molar-refractivity contribution in [3.63, 3.8) is 0 Å². The summed E-state index contributed by atoms with van der Waals surface area (Å²) in [6, 6.07) is 1.90. The Kier molecular flexibility index (Phi) is 6.92. The maximum absolute atomic E-state index is 12.3. The Morgan fingerprint density at radius 2 is 2.30 bits per heavy atom. The van der Waals surface area contributed by atoms with E-state index in [-0.39, 0.29) is 23.5 Å². The molecule has 2 heterocycles. The van der Waals surface area contributed by atoms with E-state index >= 15 is 0 Å². The number of aromatic nitrogens is 2. The molecule has 1 fully saturated rings. The van der Waals surface area contributed by atoms with E-state index in [1.54, 1.807) is 22.5 Å². The highest BCUT2D eigenvalue weighted by Gasteiger charge is 2.28. The average molecular weight is 341 g/mol. The first-order valence-corrected chi connectivity index (χ1v) is 9.32. The smallest absolute Gasteiger partial charge is 0.351 e. The molecular weight excluding hydrogens is 314 g/mol. The van der Waals surface area contributed by atoms with Gasteiger partial charge in [-0.25, -0.2) is 4.79 Å². The molecule has 7 heteroatoms. The van der Waals surface area contributed by atoms with Crippen LogP contribution in [-0.2, 0) is 9.47 Å². The van der Waals surface area contributed by atoms with Gasteiger partial charge in [0.15, 0.2) is 0 Å². The maximum Gasteiger partial charge on any atom is 0.351 e. The van der Waals surface area contributed by atoms with Crippen LogP contribution >= 0.6 is 11.8 Å². The second kappa shape index (κ2) is 8.70. The Morgan fingerprint density at radius 1 is 1.52 bits per heavy atom. The van der Waals surface area contributed by atoms with Crippen molar-refractivity contribution in [2.24, 2.45) is 0 Å². The number of rotatable bonds is 8. The third-order valence-electron chi connectivity index (χ3n) is 3.62. The van der Waals surface area contributed by atoms with Crippen LogP contribution in [0.15, 0.2) is 17.1 Å². The molecule has 1 aromatic rings. The zero-order valence-corrected chi connectivity index (χ0v) is 15.2. The molecule has 0 unspecified atom stereocenters. The van der Waals surface area contributed by atoms with Crippen LogP contribution in [0.5, 0.6) is 0 Å². The molecular formula is C16H27N3O3S. The van der Waals surface area contributed by atoms with Crippen molar-refractivity contribution < 1.29 is 9.47 Å². The highest BCUT2D eigenvalue weighted by Crippen LogP contribution is 2.31. The summed E-state index contributed by atoms with van der Waals surface area (Å²) >= 11 is 1.67. The van der Waals surface area contributed by atoms with Gasteiger partial charge in [0.1, 0.15) is 17.5 Å². The predicted molar refractivity (Wildman–Crippen MR) is 94.1 cm³/mol. The lowest BCUT2D eigenvalue weighted by Crippen LogP contribution is -2.32. The third-order valence-corrected chi connectivity index (χ3v) is 4.72. The van der Waals surface area contributed by atoms with Gasteiger partial charge < -0.3 is 14.4 Å². The summed E-state index contributed by atoms with van der Waals surface area (Å²) in [6.45, 7) is 10.5. The lowest BCUT2D eigenvalue weighted by molar-refractivity contribution is -0.0377. The van der Waals surface area contributed by atoms with Crippen molar-refractivity contribution in [2.45, 2.75) is 51.9 Å². The van der Waals surface area contributed by atoms with E-state index in [0.29, 0.717) is 6.61 Å². The van der Waals surface area contributed by atoms with Crippen molar-refractivity contribution in [3.8, 4) is 0 Å². The number of anilines is 1. The fourth-order valence-electron chi connectivity index (χ4n) is 2.45. The highest BCUT2D eigenvalue weighted by molar-refractivity contribution is 8.00. The van der Waals surface area contributed by atoms with Crippen LogP contribution in [0.1, 0.15) is 40.3 Å². The van der Waals surface area contributed by atoms with Crippen LogP contribution in [0.2, 0.25) is 0 Å². The van der Waals surface area contributed by atoms with Crippen molar-refractivity contribution in [2.75, 3.05) is 30.3 Å². The standard InChI is InChI=1S/C16H27N3O3S/c1-5-8-18(6-2)13-7-9-19(16(20)17-13)14-11-23-15(22-14)10-21-12(3)4/h7,9,12,14-15H,5-6,8,10-11H2,1-4H3/t14-,15+/m1/s1. The summed E-state index contributed by atoms with van der Waals surface area (Å²) in [5.74, 6) is 1.47. The van der Waals surface area contributed by atoms with Crippen molar-refractivity contribution in [1.29, 1.82) is 0 Å². The van der Waals surface area contributed by atoms with Crippen LogP contribution in [0, 0.1) is 0 Å². The first-order valence-electron chi connectivity index (χ1n) is 8.27. The maximum atomic E-state index is 12.3. The largest absolute Gasteiger partial charge is 0.375 e. The molecule has 0 radical (unpaired) electrons. The minimum atomic E-state index is -0.268. The van der Waals surface area contributed by atoms with E-state index in [1.165, 1.54) is 0 Å². The lowest BCUT2D eigenvalue weighted by Gasteiger charge is -2.22. The van der Waals surface area contributed by atoms with Gasteiger partial charge in [0, 0.05) is 25.0 Å². The topological polar surface area (TPSA) is 56.6 Å². The van der Waals surface area contributed by atoms with Gasteiger partial charge in [0.2, 0.25) is 0 Å². The quantitative estimate of drug-likeness (QED) is 0.724. The molecule has 1 aliphatic rings. The van der Waals surface area contributed by atoms with E-state index in [1.807, 2.05) is 19.9 Å². The normalized spacial score (nSPS) is 21.1. The zero-order valence-electron chi connectivity index (χ0n) is 14.4. The number of hydrogen-bond donors (Lipinski definition) is 0. The molecule has 0 saturated carbocycles. The van der Waals surface area contributed by atoms with E-state index in [0.717, 1.165) is 31.1 Å². The summed E-state index contributed by atoms with van der Waals surface area (Å²) in [5, 5.41) is 0. The molecule has 2 atom stereocenters. The van der Waals surface area contributed by atoms with Gasteiger partial charge in [0.25, 0.3) is 0 Å². The fourth-order valence-corrected chi connectivity index (χ4v) is 3.45. The zero-order chi connectivity index (χ0) is 16.8. The van der Waals surface area contributed by atoms with Crippen LogP contribution in [0.4, 0.5) is 5.82 Å². The summed E-state index contributed by atoms with van der Waals surface area (Å²) in [4.78, 5) is 18.7. The minimum Gasteiger partial charge on any atom is -0.375 e. The van der Waals surface area contributed by atoms with Crippen LogP contribution in [0.25, 0.3) is 0 Å². The molecule has 0 spiro atoms. The Balaban J connectivity index is 2.03. The molecule has 1 aliphatic heterocycles. The van der Waals surface area contributed by atoms with E-state index in [4.69, 9.17) is 9.47 Å². The summed E-state index contributed by atoms with van der Waals surface area (Å²) in [7, 11) is 0. The van der Waals surface area contributed by atoms with Gasteiger partial charge in [-0.3, -0.25) is 4.57 Å². The first kappa shape index (κ1) is 18.3. The molecule has 1 aromatic heterocycles. The number of nitrogens with zero attached hydrogens (tertiary/aromatic N) is 3. The molecule has 0 aliphatic carbocycles. The third kappa shape index (κ3) is 4.96. The summed E-state index contributed by atoms with van der Waals surface area (Å²) in [6.07, 6.45) is 2.73. The first-order chi connectivity index (χ1) is 11.0. The summed E-state index contributed by atoms with van der Waals surface area (Å²) in [5.41, 5.74) is -0.283. The van der Waals surface area contributed by atoms with Gasteiger partial charge in [-0.2, -0.15) is 4.98 Å². The molecule has 0 N–H and O–H groups in total. The van der Waals surface area contributed by atoms with E-state index in [9.17, 15) is 4.79 Å². The van der Waals surface area contributed by atoms with Gasteiger partial charge in [-0.05, 0) is 33.3 Å². The molecule has 0 aromatic carbocycles. The molecule has 1 saturated heterocycles. The SMILES string of the molecule is CCCN(CC)c1ccn([C@H]2CS[C@@H](COC(C)C)O2)c(=O)n1. The second-order valence-electron chi connectivity index (χ2n) is 5.79. The van der Waals surface area contributed by atoms with Crippen molar-refractivity contribution >= 4 is 17.6 Å². The molecule has 130 valence electrons. The molecule has 2 rings (SSSR count). The lowest BCUT2D eigenvalue weighted by atomic mass is 10.4. The van der Waals surface area contributed by atoms with Gasteiger partial charge in [0.05, 0.1) is 12.7 Å². The van der Waals surface area contributed by atoms with E-state index in [2.05, 4.69) is 23.7 Å². The Hall–Kier alpha value is -1.05. The van der Waals surface area contributed by atoms with Crippen LogP contribution in [0.3, 0.4) is 0 Å². The monoisotopic (exact) mass is 341 g/mol. The van der Waals surface area contributed by atoms with E-state index < -0.39 is 0 Å². The number of thioether (sulfide) groups is 1. The van der Waals surface area contributed by atoms with Gasteiger partial charge in [-0.15, -0.1) is 11.8 Å². The van der Waals surface area contributed by atoms with Crippen molar-refractivity contribution in [1.82, 2.24) is 9.55 Å². The van der Waals surface area contributed by atoms with Crippen LogP contribution < -0.4 is 10.6 Å². The highest BCUT2D eigenvalue weighted by atomic mass is 32.2. The van der Waals surface area contributed by atoms with Crippen LogP contribution in [-0.4, -0.2) is 46.5 Å². The minimum absolute atomic E-state index is 0.0267. The van der Waals surface area contributed by atoms with Gasteiger partial charge >= 0.3 is 5.69 Å².